The van der Waals surface area contributed by atoms with Crippen LogP contribution in [0.2, 0.25) is 0 Å². The molecule has 0 aromatic heterocycles. The number of carbonyl (C=O) groups excluding carboxylic acids is 2. The third-order valence-corrected chi connectivity index (χ3v) is 5.18. The zero-order valence-corrected chi connectivity index (χ0v) is 20.3. The Balaban J connectivity index is 0.000000604. The molecule has 0 aliphatic carbocycles. The molecule has 3 aromatic rings. The largest absolute Gasteiger partial charge is 0.490 e. The molecule has 37 heavy (non-hydrogen) atoms. The van der Waals surface area contributed by atoms with E-state index in [0.29, 0.717) is 29.3 Å². The molecule has 0 aliphatic rings. The lowest BCUT2D eigenvalue weighted by Crippen LogP contribution is -2.37. The minimum atomic E-state index is -5.08. The van der Waals surface area contributed by atoms with Crippen LogP contribution in [-0.2, 0) is 16.1 Å². The summed E-state index contributed by atoms with van der Waals surface area (Å²) in [5.41, 5.74) is 9.59. The van der Waals surface area contributed by atoms with Crippen molar-refractivity contribution in [2.45, 2.75) is 38.5 Å². The number of anilines is 1. The van der Waals surface area contributed by atoms with Gasteiger partial charge in [-0.1, -0.05) is 68.4 Å². The molecule has 196 valence electrons. The monoisotopic (exact) mass is 515 g/mol. The number of carbonyl (C=O) groups is 3. The molecule has 0 saturated carbocycles. The summed E-state index contributed by atoms with van der Waals surface area (Å²) in [6, 6.07) is 23.2. The van der Waals surface area contributed by atoms with Crippen LogP contribution in [0.1, 0.15) is 52.9 Å². The molecule has 0 heterocycles. The van der Waals surface area contributed by atoms with Crippen LogP contribution in [0.25, 0.3) is 0 Å². The number of aliphatic carboxylic acids is 1. The topological polar surface area (TPSA) is 122 Å². The number of hydrogen-bond acceptors (Lipinski definition) is 4. The maximum Gasteiger partial charge on any atom is 0.490 e. The van der Waals surface area contributed by atoms with E-state index < -0.39 is 18.2 Å². The summed E-state index contributed by atoms with van der Waals surface area (Å²) in [7, 11) is 0. The fourth-order valence-electron chi connectivity index (χ4n) is 3.17. The first-order valence-electron chi connectivity index (χ1n) is 11.3. The molecule has 0 unspecified atom stereocenters. The Labute approximate surface area is 212 Å². The molecular weight excluding hydrogens is 487 g/mol. The van der Waals surface area contributed by atoms with Crippen LogP contribution in [0.3, 0.4) is 0 Å². The molecular formula is C27H28F3N3O4. The molecule has 3 rings (SSSR count). The highest BCUT2D eigenvalue weighted by Crippen LogP contribution is 2.20. The predicted octanol–water partition coefficient (Wildman–Crippen LogP) is 5.01. The maximum absolute atomic E-state index is 13.1. The van der Waals surface area contributed by atoms with Crippen molar-refractivity contribution in [3.8, 4) is 0 Å². The molecule has 3 aromatic carbocycles. The van der Waals surface area contributed by atoms with Crippen molar-refractivity contribution in [1.29, 1.82) is 0 Å². The van der Waals surface area contributed by atoms with Gasteiger partial charge in [0.05, 0.1) is 0 Å². The molecule has 1 atom stereocenters. The number of nitrogens with one attached hydrogen (secondary N) is 2. The van der Waals surface area contributed by atoms with Crippen molar-refractivity contribution in [2.75, 3.05) is 5.32 Å². The van der Waals surface area contributed by atoms with Crippen LogP contribution in [0.15, 0.2) is 78.9 Å². The summed E-state index contributed by atoms with van der Waals surface area (Å²) in [6.07, 6.45) is -5.08. The standard InChI is InChI=1S/C25H27N3O2.C2HF3O2/c1-17(2)19-11-13-22(14-12-19)27-25(30)23(20-8-4-3-5-9-20)28-24(29)21-10-6-7-18(15-21)16-26;3-2(4,5)1(6)7/h3-15,17,23H,16,26H2,1-2H3,(H,27,30)(H,28,29);(H,6,7)/t23-;/m1./s1. The first-order chi connectivity index (χ1) is 17.4. The van der Waals surface area contributed by atoms with E-state index >= 15 is 0 Å². The molecule has 7 nitrogen and oxygen atoms in total. The smallest absolute Gasteiger partial charge is 0.475 e. The van der Waals surface area contributed by atoms with Gasteiger partial charge in [0.2, 0.25) is 0 Å². The van der Waals surface area contributed by atoms with Gasteiger partial charge in [0, 0.05) is 17.8 Å². The third-order valence-electron chi connectivity index (χ3n) is 5.18. The fraction of sp³-hybridized carbons (Fsp3) is 0.222. The van der Waals surface area contributed by atoms with E-state index in [-0.39, 0.29) is 11.8 Å². The summed E-state index contributed by atoms with van der Waals surface area (Å²) in [6.45, 7) is 4.58. The van der Waals surface area contributed by atoms with Crippen molar-refractivity contribution in [3.05, 3.63) is 101 Å². The molecule has 0 fully saturated rings. The predicted molar refractivity (Wildman–Crippen MR) is 134 cm³/mol. The molecule has 0 spiro atoms. The minimum absolute atomic E-state index is 0.304. The van der Waals surface area contributed by atoms with Crippen LogP contribution >= 0.6 is 0 Å². The Hall–Kier alpha value is -4.18. The summed E-state index contributed by atoms with van der Waals surface area (Å²) < 4.78 is 31.7. The number of nitrogens with two attached hydrogens (primary N) is 1. The average molecular weight is 516 g/mol. The number of carboxylic acid groups (broad SMARTS) is 1. The van der Waals surface area contributed by atoms with Gasteiger partial charge in [0.1, 0.15) is 6.04 Å². The zero-order valence-electron chi connectivity index (χ0n) is 20.3. The summed E-state index contributed by atoms with van der Waals surface area (Å²) in [4.78, 5) is 34.8. The van der Waals surface area contributed by atoms with Crippen molar-refractivity contribution < 1.29 is 32.7 Å². The second-order valence-electron chi connectivity index (χ2n) is 8.29. The van der Waals surface area contributed by atoms with Crippen molar-refractivity contribution in [1.82, 2.24) is 5.32 Å². The maximum atomic E-state index is 13.1. The van der Waals surface area contributed by atoms with E-state index in [1.165, 1.54) is 5.56 Å². The van der Waals surface area contributed by atoms with Crippen LogP contribution in [-0.4, -0.2) is 29.1 Å². The molecule has 0 saturated heterocycles. The van der Waals surface area contributed by atoms with Gasteiger partial charge in [-0.15, -0.1) is 0 Å². The van der Waals surface area contributed by atoms with Gasteiger partial charge in [0.15, 0.2) is 0 Å². The Bertz CT molecular complexity index is 1200. The summed E-state index contributed by atoms with van der Waals surface area (Å²) in [5.74, 6) is -2.98. The highest BCUT2D eigenvalue weighted by molar-refractivity contribution is 6.01. The van der Waals surface area contributed by atoms with E-state index in [1.807, 2.05) is 60.7 Å². The Morgan fingerprint density at radius 3 is 2.00 bits per heavy atom. The highest BCUT2D eigenvalue weighted by Gasteiger charge is 2.38. The van der Waals surface area contributed by atoms with E-state index in [1.54, 1.807) is 18.2 Å². The Morgan fingerprint density at radius 2 is 1.49 bits per heavy atom. The lowest BCUT2D eigenvalue weighted by molar-refractivity contribution is -0.192. The number of rotatable bonds is 7. The highest BCUT2D eigenvalue weighted by atomic mass is 19.4. The van der Waals surface area contributed by atoms with Gasteiger partial charge in [0.25, 0.3) is 11.8 Å². The average Bonchev–Trinajstić information content (AvgIpc) is 2.87. The van der Waals surface area contributed by atoms with Gasteiger partial charge >= 0.3 is 12.1 Å². The van der Waals surface area contributed by atoms with Crippen LogP contribution in [0, 0.1) is 0 Å². The number of amides is 2. The lowest BCUT2D eigenvalue weighted by atomic mass is 10.0. The second kappa shape index (κ2) is 13.2. The van der Waals surface area contributed by atoms with Crippen molar-refractivity contribution >= 4 is 23.5 Å². The summed E-state index contributed by atoms with van der Waals surface area (Å²) >= 11 is 0. The second-order valence-corrected chi connectivity index (χ2v) is 8.29. The number of alkyl halides is 3. The third kappa shape index (κ3) is 9.08. The van der Waals surface area contributed by atoms with E-state index in [2.05, 4.69) is 24.5 Å². The minimum Gasteiger partial charge on any atom is -0.475 e. The molecule has 0 radical (unpaired) electrons. The lowest BCUT2D eigenvalue weighted by Gasteiger charge is -2.19. The number of carboxylic acids is 1. The van der Waals surface area contributed by atoms with Gasteiger partial charge in [-0.05, 0) is 46.9 Å². The van der Waals surface area contributed by atoms with Crippen molar-refractivity contribution in [3.63, 3.8) is 0 Å². The molecule has 2 amide bonds. The van der Waals surface area contributed by atoms with Gasteiger partial charge in [-0.25, -0.2) is 4.79 Å². The first kappa shape index (κ1) is 29.1. The van der Waals surface area contributed by atoms with Crippen LogP contribution in [0.4, 0.5) is 18.9 Å². The molecule has 0 aliphatic heterocycles. The number of halogens is 3. The summed E-state index contributed by atoms with van der Waals surface area (Å²) in [5, 5.41) is 12.9. The van der Waals surface area contributed by atoms with Crippen LogP contribution in [0.5, 0.6) is 0 Å². The van der Waals surface area contributed by atoms with Crippen LogP contribution < -0.4 is 16.4 Å². The quantitative estimate of drug-likeness (QED) is 0.352. The first-order valence-corrected chi connectivity index (χ1v) is 11.3. The fourth-order valence-corrected chi connectivity index (χ4v) is 3.17. The Morgan fingerprint density at radius 1 is 0.892 bits per heavy atom. The van der Waals surface area contributed by atoms with Gasteiger partial charge in [-0.3, -0.25) is 9.59 Å². The normalized spacial score (nSPS) is 11.6. The molecule has 10 heteroatoms. The van der Waals surface area contributed by atoms with E-state index in [9.17, 15) is 22.8 Å². The van der Waals surface area contributed by atoms with E-state index in [4.69, 9.17) is 15.6 Å². The SMILES string of the molecule is CC(C)c1ccc(NC(=O)[C@H](NC(=O)c2cccc(CN)c2)c2ccccc2)cc1.O=C(O)C(F)(F)F. The number of benzene rings is 3. The van der Waals surface area contributed by atoms with Gasteiger partial charge < -0.3 is 21.5 Å². The zero-order chi connectivity index (χ0) is 27.6. The van der Waals surface area contributed by atoms with E-state index in [0.717, 1.165) is 5.56 Å². The Kier molecular flexibility index (Phi) is 10.4. The van der Waals surface area contributed by atoms with Gasteiger partial charge in [-0.2, -0.15) is 13.2 Å². The van der Waals surface area contributed by atoms with Crippen molar-refractivity contribution in [2.24, 2.45) is 5.73 Å². The molecule has 5 N–H and O–H groups in total. The molecule has 0 bridgehead atoms. The number of hydrogen-bond donors (Lipinski definition) is 4.